The molecule has 1 aromatic carbocycles. The summed E-state index contributed by atoms with van der Waals surface area (Å²) in [5.74, 6) is -1.65. The number of thioether (sulfide) groups is 1. The zero-order valence-electron chi connectivity index (χ0n) is 13.7. The molecule has 2 heterocycles. The summed E-state index contributed by atoms with van der Waals surface area (Å²) >= 11 is 6.39. The molecule has 1 aromatic heterocycles. The molecule has 3 rings (SSSR count). The fourth-order valence-electron chi connectivity index (χ4n) is 2.75. The Balaban J connectivity index is 1.95. The lowest BCUT2D eigenvalue weighted by Crippen LogP contribution is -2.47. The van der Waals surface area contributed by atoms with Gasteiger partial charge in [0.25, 0.3) is 5.91 Å². The first-order valence-corrected chi connectivity index (χ1v) is 8.95. The first-order valence-electron chi connectivity index (χ1n) is 7.73. The van der Waals surface area contributed by atoms with Crippen LogP contribution in [0.4, 0.5) is 0 Å². The Bertz CT molecular complexity index is 908. The number of thiocarbonyl (C=S) groups is 1. The number of hydrogen-bond acceptors (Lipinski definition) is 5. The van der Waals surface area contributed by atoms with Crippen molar-refractivity contribution in [3.05, 3.63) is 47.0 Å². The quantitative estimate of drug-likeness (QED) is 0.654. The number of pyridine rings is 1. The van der Waals surface area contributed by atoms with Gasteiger partial charge in [0.2, 0.25) is 0 Å². The second-order valence-electron chi connectivity index (χ2n) is 6.03. The lowest BCUT2D eigenvalue weighted by molar-refractivity contribution is -0.146. The third-order valence-corrected chi connectivity index (χ3v) is 5.24. The number of aliphatic carboxylic acids is 1. The molecule has 1 amide bonds. The number of carbonyl (C=O) groups is 2. The van der Waals surface area contributed by atoms with Gasteiger partial charge in [-0.05, 0) is 35.8 Å². The minimum Gasteiger partial charge on any atom is -0.480 e. The summed E-state index contributed by atoms with van der Waals surface area (Å²) in [5.41, 5.74) is 1.72. The lowest BCUT2D eigenvalue weighted by Gasteiger charge is -2.26. The average molecular weight is 372 g/mol. The Morgan fingerprint density at radius 3 is 2.80 bits per heavy atom. The number of carboxylic acids is 1. The lowest BCUT2D eigenvalue weighted by atomic mass is 10.0. The topological polar surface area (TPSA) is 70.5 Å². The van der Waals surface area contributed by atoms with Gasteiger partial charge in [-0.2, -0.15) is 0 Å². The molecule has 0 spiro atoms. The smallest absolute Gasteiger partial charge is 0.327 e. The van der Waals surface area contributed by atoms with Crippen molar-refractivity contribution in [2.75, 3.05) is 0 Å². The van der Waals surface area contributed by atoms with Crippen molar-refractivity contribution in [3.63, 3.8) is 0 Å². The van der Waals surface area contributed by atoms with Gasteiger partial charge in [-0.1, -0.05) is 50.0 Å². The monoisotopic (exact) mass is 372 g/mol. The van der Waals surface area contributed by atoms with E-state index >= 15 is 0 Å². The summed E-state index contributed by atoms with van der Waals surface area (Å²) in [5, 5.41) is 10.4. The Morgan fingerprint density at radius 2 is 2.12 bits per heavy atom. The highest BCUT2D eigenvalue weighted by atomic mass is 32.2. The molecule has 5 nitrogen and oxygen atoms in total. The molecule has 128 valence electrons. The van der Waals surface area contributed by atoms with Crippen LogP contribution in [0.25, 0.3) is 17.0 Å². The van der Waals surface area contributed by atoms with Crippen molar-refractivity contribution < 1.29 is 14.7 Å². The number of nitrogens with zero attached hydrogens (tertiary/aromatic N) is 2. The normalized spacial score (nSPS) is 17.7. The van der Waals surface area contributed by atoms with Gasteiger partial charge in [-0.15, -0.1) is 0 Å². The Hall–Kier alpha value is -2.25. The van der Waals surface area contributed by atoms with E-state index in [4.69, 9.17) is 12.2 Å². The average Bonchev–Trinajstić information content (AvgIpc) is 2.82. The number of aromatic nitrogens is 1. The molecule has 2 aromatic rings. The maximum Gasteiger partial charge on any atom is 0.327 e. The van der Waals surface area contributed by atoms with E-state index in [2.05, 4.69) is 4.98 Å². The van der Waals surface area contributed by atoms with Crippen LogP contribution in [0, 0.1) is 5.92 Å². The van der Waals surface area contributed by atoms with E-state index in [-0.39, 0.29) is 16.1 Å². The van der Waals surface area contributed by atoms with E-state index in [9.17, 15) is 14.7 Å². The maximum atomic E-state index is 12.7. The number of carboxylic acid groups (broad SMARTS) is 1. The predicted octanol–water partition coefficient (Wildman–Crippen LogP) is 3.55. The largest absolute Gasteiger partial charge is 0.480 e. The van der Waals surface area contributed by atoms with Crippen molar-refractivity contribution in [2.24, 2.45) is 5.92 Å². The van der Waals surface area contributed by atoms with E-state index < -0.39 is 12.0 Å². The van der Waals surface area contributed by atoms with Crippen LogP contribution in [0.2, 0.25) is 0 Å². The van der Waals surface area contributed by atoms with Crippen LogP contribution in [-0.4, -0.2) is 37.2 Å². The first kappa shape index (κ1) is 17.6. The second kappa shape index (κ2) is 6.93. The molecule has 1 saturated heterocycles. The third kappa shape index (κ3) is 3.43. The molecule has 1 aliphatic rings. The Morgan fingerprint density at radius 1 is 1.36 bits per heavy atom. The van der Waals surface area contributed by atoms with Gasteiger partial charge in [0.15, 0.2) is 0 Å². The summed E-state index contributed by atoms with van der Waals surface area (Å²) < 4.78 is 0.278. The Labute approximate surface area is 154 Å². The third-order valence-electron chi connectivity index (χ3n) is 3.91. The van der Waals surface area contributed by atoms with Gasteiger partial charge in [0.1, 0.15) is 10.4 Å². The van der Waals surface area contributed by atoms with Gasteiger partial charge in [0, 0.05) is 11.6 Å². The minimum absolute atomic E-state index is 0.244. The molecular formula is C18H16N2O3S2. The van der Waals surface area contributed by atoms with Crippen LogP contribution in [0.15, 0.2) is 41.4 Å². The standard InChI is InChI=1S/C18H16N2O3S2/c1-10(2)15(17(22)23)20-16(21)14(25-18(20)24)9-11-5-6-13-12(8-11)4-3-7-19-13/h3-10,15H,1-2H3,(H,22,23)/b14-9+. The van der Waals surface area contributed by atoms with E-state index in [0.29, 0.717) is 4.91 Å². The molecule has 1 aliphatic heterocycles. The molecule has 1 N–H and O–H groups in total. The van der Waals surface area contributed by atoms with E-state index in [1.165, 1.54) is 4.90 Å². The number of benzene rings is 1. The van der Waals surface area contributed by atoms with Gasteiger partial charge < -0.3 is 5.11 Å². The minimum atomic E-state index is -1.05. The highest BCUT2D eigenvalue weighted by Crippen LogP contribution is 2.35. The van der Waals surface area contributed by atoms with Crippen LogP contribution >= 0.6 is 24.0 Å². The number of carbonyl (C=O) groups excluding carboxylic acids is 1. The molecule has 1 atom stereocenters. The van der Waals surface area contributed by atoms with Crippen molar-refractivity contribution in [1.82, 2.24) is 9.88 Å². The fourth-order valence-corrected chi connectivity index (χ4v) is 4.08. The number of hydrogen-bond donors (Lipinski definition) is 1. The van der Waals surface area contributed by atoms with E-state index in [1.807, 2.05) is 30.3 Å². The molecule has 7 heteroatoms. The van der Waals surface area contributed by atoms with Crippen LogP contribution in [-0.2, 0) is 9.59 Å². The first-order chi connectivity index (χ1) is 11.9. The highest BCUT2D eigenvalue weighted by molar-refractivity contribution is 8.26. The van der Waals surface area contributed by atoms with Gasteiger partial charge in [0.05, 0.1) is 10.4 Å². The van der Waals surface area contributed by atoms with Gasteiger partial charge >= 0.3 is 5.97 Å². The second-order valence-corrected chi connectivity index (χ2v) is 7.71. The van der Waals surface area contributed by atoms with Gasteiger partial charge in [-0.3, -0.25) is 14.7 Å². The zero-order valence-corrected chi connectivity index (χ0v) is 15.3. The Kier molecular flexibility index (Phi) is 4.87. The molecule has 25 heavy (non-hydrogen) atoms. The molecule has 0 saturated carbocycles. The van der Waals surface area contributed by atoms with Crippen LogP contribution in [0.3, 0.4) is 0 Å². The molecule has 0 aliphatic carbocycles. The number of fused-ring (bicyclic) bond motifs is 1. The number of rotatable bonds is 4. The van der Waals surface area contributed by atoms with Crippen molar-refractivity contribution in [1.29, 1.82) is 0 Å². The number of amides is 1. The summed E-state index contributed by atoms with van der Waals surface area (Å²) in [6.45, 7) is 3.52. The summed E-state index contributed by atoms with van der Waals surface area (Å²) in [6.07, 6.45) is 3.47. The van der Waals surface area contributed by atoms with Gasteiger partial charge in [-0.25, -0.2) is 4.79 Å². The van der Waals surface area contributed by atoms with Crippen molar-refractivity contribution in [3.8, 4) is 0 Å². The van der Waals surface area contributed by atoms with Crippen LogP contribution in [0.1, 0.15) is 19.4 Å². The maximum absolute atomic E-state index is 12.7. The summed E-state index contributed by atoms with van der Waals surface area (Å²) in [6, 6.07) is 8.54. The van der Waals surface area contributed by atoms with Crippen LogP contribution < -0.4 is 0 Å². The fraction of sp³-hybridized carbons (Fsp3) is 0.222. The molecule has 0 bridgehead atoms. The highest BCUT2D eigenvalue weighted by Gasteiger charge is 2.41. The summed E-state index contributed by atoms with van der Waals surface area (Å²) in [4.78, 5) is 30.2. The molecule has 1 unspecified atom stereocenters. The van der Waals surface area contributed by atoms with Crippen molar-refractivity contribution >= 4 is 57.2 Å². The summed E-state index contributed by atoms with van der Waals surface area (Å²) in [7, 11) is 0. The molecule has 0 radical (unpaired) electrons. The molecule has 1 fully saturated rings. The van der Waals surface area contributed by atoms with E-state index in [0.717, 1.165) is 28.2 Å². The SMILES string of the molecule is CC(C)C(C(=O)O)N1C(=O)/C(=C\c2ccc3ncccc3c2)SC1=S. The predicted molar refractivity (Wildman–Crippen MR) is 103 cm³/mol. The molecular weight excluding hydrogens is 356 g/mol. The van der Waals surface area contributed by atoms with Crippen molar-refractivity contribution in [2.45, 2.75) is 19.9 Å². The van der Waals surface area contributed by atoms with Crippen LogP contribution in [0.5, 0.6) is 0 Å². The zero-order chi connectivity index (χ0) is 18.1. The van der Waals surface area contributed by atoms with E-state index in [1.54, 1.807) is 26.1 Å².